The maximum Gasteiger partial charge on any atom is 0.0734 e. The molecule has 2 aromatic rings. The zero-order chi connectivity index (χ0) is 11.6. The maximum absolute atomic E-state index is 4.50. The van der Waals surface area contributed by atoms with Gasteiger partial charge in [0.2, 0.25) is 0 Å². The minimum atomic E-state index is 0.353. The van der Waals surface area contributed by atoms with E-state index < -0.39 is 0 Å². The Balaban J connectivity index is 2.45. The normalized spacial score (nSPS) is 11.9. The average Bonchev–Trinajstić information content (AvgIpc) is 2.29. The highest BCUT2D eigenvalue weighted by atomic mass is 14.6. The van der Waals surface area contributed by atoms with Crippen molar-refractivity contribution in [3.8, 4) is 0 Å². The van der Waals surface area contributed by atoms with Crippen LogP contribution in [0.2, 0.25) is 0 Å². The van der Waals surface area contributed by atoms with Gasteiger partial charge in [-0.05, 0) is 23.5 Å². The van der Waals surface area contributed by atoms with Crippen LogP contribution in [-0.4, -0.2) is 4.98 Å². The van der Waals surface area contributed by atoms with Crippen molar-refractivity contribution in [3.63, 3.8) is 0 Å². The van der Waals surface area contributed by atoms with Gasteiger partial charge in [-0.25, -0.2) is 0 Å². The first kappa shape index (κ1) is 11.1. The fourth-order valence-corrected chi connectivity index (χ4v) is 1.95. The minimum Gasteiger partial charge on any atom is -0.256 e. The van der Waals surface area contributed by atoms with Gasteiger partial charge in [0, 0.05) is 11.6 Å². The number of para-hydroxylation sites is 1. The quantitative estimate of drug-likeness (QED) is 0.744. The summed E-state index contributed by atoms with van der Waals surface area (Å²) < 4.78 is 0. The fraction of sp³-hybridized carbons (Fsp3) is 0.400. The first-order valence-electron chi connectivity index (χ1n) is 5.95. The highest BCUT2D eigenvalue weighted by Crippen LogP contribution is 2.28. The highest BCUT2D eigenvalue weighted by molar-refractivity contribution is 5.81. The van der Waals surface area contributed by atoms with Gasteiger partial charge < -0.3 is 0 Å². The van der Waals surface area contributed by atoms with Crippen molar-refractivity contribution >= 4 is 10.9 Å². The van der Waals surface area contributed by atoms with E-state index >= 15 is 0 Å². The Labute approximate surface area is 97.5 Å². The first-order valence-corrected chi connectivity index (χ1v) is 5.95. The third-order valence-electron chi connectivity index (χ3n) is 3.34. The first-order chi connectivity index (χ1) is 7.62. The lowest BCUT2D eigenvalue weighted by Crippen LogP contribution is -2.13. The molecule has 0 aliphatic rings. The summed E-state index contributed by atoms with van der Waals surface area (Å²) in [5, 5.41) is 1.24. The second kappa shape index (κ2) is 4.25. The number of hydrogen-bond donors (Lipinski definition) is 0. The molecule has 0 saturated carbocycles. The van der Waals surface area contributed by atoms with E-state index in [4.69, 9.17) is 0 Å². The van der Waals surface area contributed by atoms with Crippen LogP contribution in [0, 0.1) is 5.41 Å². The Morgan fingerprint density at radius 3 is 2.62 bits per heavy atom. The summed E-state index contributed by atoms with van der Waals surface area (Å²) in [7, 11) is 0. The summed E-state index contributed by atoms with van der Waals surface area (Å²) in [6.45, 7) is 6.88. The van der Waals surface area contributed by atoms with E-state index in [0.29, 0.717) is 5.41 Å². The van der Waals surface area contributed by atoms with E-state index in [0.717, 1.165) is 11.9 Å². The molecule has 0 amide bonds. The number of aromatic nitrogens is 1. The average molecular weight is 213 g/mol. The molecule has 0 N–H and O–H groups in total. The number of nitrogens with zero attached hydrogens (tertiary/aromatic N) is 1. The van der Waals surface area contributed by atoms with Gasteiger partial charge in [-0.2, -0.15) is 0 Å². The van der Waals surface area contributed by atoms with E-state index in [1.165, 1.54) is 17.4 Å². The molecule has 1 nitrogen and oxygen atoms in total. The third kappa shape index (κ3) is 2.24. The smallest absolute Gasteiger partial charge is 0.0734 e. The molecule has 0 bridgehead atoms. The van der Waals surface area contributed by atoms with Crippen molar-refractivity contribution < 1.29 is 0 Å². The van der Waals surface area contributed by atoms with Gasteiger partial charge in [0.15, 0.2) is 0 Å². The molecule has 0 spiro atoms. The van der Waals surface area contributed by atoms with Gasteiger partial charge in [0.1, 0.15) is 0 Å². The summed E-state index contributed by atoms with van der Waals surface area (Å²) in [6, 6.07) is 10.6. The van der Waals surface area contributed by atoms with E-state index in [1.54, 1.807) is 0 Å². The van der Waals surface area contributed by atoms with Crippen LogP contribution in [0.5, 0.6) is 0 Å². The highest BCUT2D eigenvalue weighted by Gasteiger charge is 2.17. The van der Waals surface area contributed by atoms with Crippen LogP contribution in [-0.2, 0) is 6.42 Å². The van der Waals surface area contributed by atoms with E-state index in [9.17, 15) is 0 Å². The van der Waals surface area contributed by atoms with E-state index in [2.05, 4.69) is 50.0 Å². The monoisotopic (exact) mass is 213 g/mol. The number of rotatable bonds is 3. The van der Waals surface area contributed by atoms with Crippen molar-refractivity contribution in [1.82, 2.24) is 4.98 Å². The Bertz CT molecular complexity index is 480. The van der Waals surface area contributed by atoms with Crippen LogP contribution in [0.15, 0.2) is 36.5 Å². The molecule has 1 heteroatoms. The lowest BCUT2D eigenvalue weighted by Gasteiger charge is -2.23. The predicted octanol–water partition coefficient (Wildman–Crippen LogP) is 4.21. The number of fused-ring (bicyclic) bond motifs is 1. The van der Waals surface area contributed by atoms with Crippen LogP contribution in [0.3, 0.4) is 0 Å². The summed E-state index contributed by atoms with van der Waals surface area (Å²) >= 11 is 0. The van der Waals surface area contributed by atoms with Crippen LogP contribution in [0.1, 0.15) is 32.8 Å². The second-order valence-electron chi connectivity index (χ2n) is 5.19. The number of pyridine rings is 1. The predicted molar refractivity (Wildman–Crippen MR) is 69.5 cm³/mol. The lowest BCUT2D eigenvalue weighted by atomic mass is 9.83. The molecule has 16 heavy (non-hydrogen) atoms. The van der Waals surface area contributed by atoms with Crippen LogP contribution in [0.25, 0.3) is 10.9 Å². The van der Waals surface area contributed by atoms with Gasteiger partial charge in [-0.1, -0.05) is 51.5 Å². The maximum atomic E-state index is 4.50. The van der Waals surface area contributed by atoms with E-state index in [-0.39, 0.29) is 0 Å². The van der Waals surface area contributed by atoms with Gasteiger partial charge in [-0.15, -0.1) is 0 Å². The van der Waals surface area contributed by atoms with Gasteiger partial charge >= 0.3 is 0 Å². The third-order valence-corrected chi connectivity index (χ3v) is 3.34. The molecule has 0 unspecified atom stereocenters. The number of hydrogen-bond acceptors (Lipinski definition) is 1. The molecule has 0 aliphatic heterocycles. The van der Waals surface area contributed by atoms with Crippen LogP contribution in [0.4, 0.5) is 0 Å². The summed E-state index contributed by atoms with van der Waals surface area (Å²) in [6.07, 6.45) is 4.17. The molecule has 0 fully saturated rings. The minimum absolute atomic E-state index is 0.353. The zero-order valence-electron chi connectivity index (χ0n) is 10.3. The van der Waals surface area contributed by atoms with Crippen molar-refractivity contribution in [1.29, 1.82) is 0 Å². The van der Waals surface area contributed by atoms with E-state index in [1.807, 2.05) is 12.3 Å². The molecule has 84 valence electrons. The van der Waals surface area contributed by atoms with Crippen LogP contribution < -0.4 is 0 Å². The molecule has 0 saturated heterocycles. The molecule has 1 heterocycles. The zero-order valence-corrected chi connectivity index (χ0v) is 10.3. The fourth-order valence-electron chi connectivity index (χ4n) is 1.95. The Hall–Kier alpha value is -1.37. The Kier molecular flexibility index (Phi) is 2.95. The van der Waals surface area contributed by atoms with Crippen molar-refractivity contribution in [3.05, 3.63) is 42.1 Å². The topological polar surface area (TPSA) is 12.9 Å². The van der Waals surface area contributed by atoms with Crippen molar-refractivity contribution in [2.75, 3.05) is 0 Å². The van der Waals surface area contributed by atoms with Gasteiger partial charge in [-0.3, -0.25) is 4.98 Å². The molecule has 0 aliphatic carbocycles. The molecule has 0 radical (unpaired) electrons. The molecule has 2 rings (SSSR count). The number of benzene rings is 1. The Morgan fingerprint density at radius 2 is 1.88 bits per heavy atom. The van der Waals surface area contributed by atoms with Crippen molar-refractivity contribution in [2.24, 2.45) is 5.41 Å². The standard InChI is InChI=1S/C15H19N/c1-4-15(2,3)11-13-8-5-7-12-9-6-10-16-14(12)13/h5-10H,4,11H2,1-3H3. The second-order valence-corrected chi connectivity index (χ2v) is 5.19. The lowest BCUT2D eigenvalue weighted by molar-refractivity contribution is 0.350. The SMILES string of the molecule is CCC(C)(C)Cc1cccc2cccnc12. The summed E-state index contributed by atoms with van der Waals surface area (Å²) in [5.41, 5.74) is 2.88. The Morgan fingerprint density at radius 1 is 1.12 bits per heavy atom. The molecule has 0 atom stereocenters. The molecular formula is C15H19N. The molecule has 1 aromatic carbocycles. The summed E-state index contributed by atoms with van der Waals surface area (Å²) in [4.78, 5) is 4.50. The van der Waals surface area contributed by atoms with Gasteiger partial charge in [0.05, 0.1) is 5.52 Å². The largest absolute Gasteiger partial charge is 0.256 e. The molecule has 1 aromatic heterocycles. The van der Waals surface area contributed by atoms with Gasteiger partial charge in [0.25, 0.3) is 0 Å². The van der Waals surface area contributed by atoms with Crippen molar-refractivity contribution in [2.45, 2.75) is 33.6 Å². The summed E-state index contributed by atoms with van der Waals surface area (Å²) in [5.74, 6) is 0. The molecular weight excluding hydrogens is 194 g/mol. The van der Waals surface area contributed by atoms with Crippen LogP contribution >= 0.6 is 0 Å².